The van der Waals surface area contributed by atoms with Crippen LogP contribution in [0.4, 0.5) is 5.69 Å². The Labute approximate surface area is 114 Å². The fraction of sp³-hybridized carbons (Fsp3) is 0.231. The molecule has 0 fully saturated rings. The molecule has 0 unspecified atom stereocenters. The molecule has 20 heavy (non-hydrogen) atoms. The number of benzene rings is 1. The lowest BCUT2D eigenvalue weighted by atomic mass is 10.1. The van der Waals surface area contributed by atoms with Crippen LogP contribution in [0.5, 0.6) is 0 Å². The first-order valence-electron chi connectivity index (χ1n) is 5.93. The molecule has 0 aliphatic heterocycles. The van der Waals surface area contributed by atoms with Gasteiger partial charge in [0, 0.05) is 5.56 Å². The largest absolute Gasteiger partial charge is 0.475 e. The molecule has 0 aliphatic carbocycles. The van der Waals surface area contributed by atoms with Gasteiger partial charge in [0.2, 0.25) is 11.7 Å². The number of hydrogen-bond donors (Lipinski definition) is 1. The van der Waals surface area contributed by atoms with Gasteiger partial charge in [0.05, 0.1) is 10.6 Å². The Kier molecular flexibility index (Phi) is 3.51. The van der Waals surface area contributed by atoms with Crippen LogP contribution < -0.4 is 0 Å². The maximum atomic E-state index is 11.1. The molecule has 0 bridgehead atoms. The molecule has 0 aliphatic rings. The van der Waals surface area contributed by atoms with Gasteiger partial charge in [-0.2, -0.15) is 0 Å². The standard InChI is InChI=1S/C13H12N2O5/c1-3-9-11(13(16)17)20-12(14-9)8-6-4-5-7(2)10(8)15(18)19/h4-6H,3H2,1-2H3,(H,16,17). The summed E-state index contributed by atoms with van der Waals surface area (Å²) >= 11 is 0. The van der Waals surface area contributed by atoms with Gasteiger partial charge in [-0.3, -0.25) is 10.1 Å². The summed E-state index contributed by atoms with van der Waals surface area (Å²) in [5, 5.41) is 20.2. The van der Waals surface area contributed by atoms with Crippen molar-refractivity contribution in [1.29, 1.82) is 0 Å². The van der Waals surface area contributed by atoms with Gasteiger partial charge in [-0.25, -0.2) is 9.78 Å². The molecule has 0 saturated heterocycles. The lowest BCUT2D eigenvalue weighted by molar-refractivity contribution is -0.384. The number of para-hydroxylation sites is 1. The molecule has 104 valence electrons. The quantitative estimate of drug-likeness (QED) is 0.679. The van der Waals surface area contributed by atoms with Crippen molar-refractivity contribution < 1.29 is 19.2 Å². The summed E-state index contributed by atoms with van der Waals surface area (Å²) in [7, 11) is 0. The molecule has 2 aromatic rings. The smallest absolute Gasteiger partial charge is 0.373 e. The van der Waals surface area contributed by atoms with Crippen molar-refractivity contribution in [1.82, 2.24) is 4.98 Å². The number of nitro benzene ring substituents is 1. The van der Waals surface area contributed by atoms with Crippen molar-refractivity contribution >= 4 is 11.7 Å². The first kappa shape index (κ1) is 13.7. The van der Waals surface area contributed by atoms with Crippen LogP contribution in [-0.4, -0.2) is 21.0 Å². The summed E-state index contributed by atoms with van der Waals surface area (Å²) in [5.41, 5.74) is 0.773. The van der Waals surface area contributed by atoms with E-state index in [1.165, 1.54) is 6.07 Å². The summed E-state index contributed by atoms with van der Waals surface area (Å²) in [4.78, 5) is 25.7. The number of nitro groups is 1. The number of rotatable bonds is 4. The van der Waals surface area contributed by atoms with Crippen LogP contribution in [0.25, 0.3) is 11.5 Å². The highest BCUT2D eigenvalue weighted by Crippen LogP contribution is 2.33. The minimum atomic E-state index is -1.24. The molecular weight excluding hydrogens is 264 g/mol. The highest BCUT2D eigenvalue weighted by Gasteiger charge is 2.25. The van der Waals surface area contributed by atoms with E-state index < -0.39 is 10.9 Å². The molecule has 1 heterocycles. The molecule has 0 atom stereocenters. The summed E-state index contributed by atoms with van der Waals surface area (Å²) in [6, 6.07) is 4.72. The van der Waals surface area contributed by atoms with E-state index in [9.17, 15) is 14.9 Å². The van der Waals surface area contributed by atoms with E-state index in [1.807, 2.05) is 0 Å². The van der Waals surface area contributed by atoms with Crippen molar-refractivity contribution in [3.05, 3.63) is 45.3 Å². The summed E-state index contributed by atoms with van der Waals surface area (Å²) in [6.07, 6.45) is 0.366. The van der Waals surface area contributed by atoms with Gasteiger partial charge in [0.15, 0.2) is 0 Å². The number of carbonyl (C=O) groups is 1. The van der Waals surface area contributed by atoms with Gasteiger partial charge in [-0.1, -0.05) is 19.1 Å². The predicted molar refractivity (Wildman–Crippen MR) is 69.7 cm³/mol. The molecule has 0 saturated carbocycles. The van der Waals surface area contributed by atoms with E-state index in [0.29, 0.717) is 12.0 Å². The minimum Gasteiger partial charge on any atom is -0.475 e. The number of aromatic carboxylic acids is 1. The monoisotopic (exact) mass is 276 g/mol. The van der Waals surface area contributed by atoms with Crippen LogP contribution in [-0.2, 0) is 6.42 Å². The van der Waals surface area contributed by atoms with Gasteiger partial charge in [0.1, 0.15) is 5.56 Å². The Morgan fingerprint density at radius 1 is 1.50 bits per heavy atom. The summed E-state index contributed by atoms with van der Waals surface area (Å²) in [6.45, 7) is 3.34. The maximum Gasteiger partial charge on any atom is 0.373 e. The third-order valence-electron chi connectivity index (χ3n) is 2.88. The Morgan fingerprint density at radius 3 is 2.70 bits per heavy atom. The van der Waals surface area contributed by atoms with E-state index >= 15 is 0 Å². The molecule has 2 rings (SSSR count). The van der Waals surface area contributed by atoms with E-state index in [1.54, 1.807) is 26.0 Å². The number of carboxylic acid groups (broad SMARTS) is 1. The molecule has 0 amide bonds. The van der Waals surface area contributed by atoms with Crippen molar-refractivity contribution in [3.63, 3.8) is 0 Å². The SMILES string of the molecule is CCc1nc(-c2cccc(C)c2[N+](=O)[O-])oc1C(=O)O. The molecule has 1 aromatic carbocycles. The van der Waals surface area contributed by atoms with E-state index in [4.69, 9.17) is 9.52 Å². The number of nitrogens with zero attached hydrogens (tertiary/aromatic N) is 2. The van der Waals surface area contributed by atoms with Crippen LogP contribution in [0.3, 0.4) is 0 Å². The van der Waals surface area contributed by atoms with Crippen LogP contribution >= 0.6 is 0 Å². The topological polar surface area (TPSA) is 106 Å². The summed E-state index contributed by atoms with van der Waals surface area (Å²) in [5.74, 6) is -1.57. The maximum absolute atomic E-state index is 11.1. The normalized spacial score (nSPS) is 10.5. The highest BCUT2D eigenvalue weighted by atomic mass is 16.6. The lowest BCUT2D eigenvalue weighted by Gasteiger charge is -2.01. The first-order valence-corrected chi connectivity index (χ1v) is 5.93. The van der Waals surface area contributed by atoms with Gasteiger partial charge in [0.25, 0.3) is 5.69 Å². The number of hydrogen-bond acceptors (Lipinski definition) is 5. The first-order chi connectivity index (χ1) is 9.45. The van der Waals surface area contributed by atoms with Crippen LogP contribution in [0.15, 0.2) is 22.6 Å². The zero-order valence-corrected chi connectivity index (χ0v) is 10.9. The predicted octanol–water partition coefficient (Wildman–Crippen LogP) is 2.82. The van der Waals surface area contributed by atoms with Crippen LogP contribution in [0.2, 0.25) is 0 Å². The van der Waals surface area contributed by atoms with E-state index in [2.05, 4.69) is 4.98 Å². The Morgan fingerprint density at radius 2 is 2.20 bits per heavy atom. The number of carboxylic acids is 1. The number of aryl methyl sites for hydroxylation is 2. The summed E-state index contributed by atoms with van der Waals surface area (Å²) < 4.78 is 5.18. The second-order valence-electron chi connectivity index (χ2n) is 4.18. The van der Waals surface area contributed by atoms with Gasteiger partial charge < -0.3 is 9.52 Å². The number of aromatic nitrogens is 1. The Balaban J connectivity index is 2.66. The van der Waals surface area contributed by atoms with Gasteiger partial charge in [-0.15, -0.1) is 0 Å². The van der Waals surface area contributed by atoms with E-state index in [-0.39, 0.29) is 28.6 Å². The fourth-order valence-corrected chi connectivity index (χ4v) is 1.95. The fourth-order valence-electron chi connectivity index (χ4n) is 1.95. The van der Waals surface area contributed by atoms with Crippen molar-refractivity contribution in [3.8, 4) is 11.5 Å². The molecule has 1 N–H and O–H groups in total. The molecular formula is C13H12N2O5. The minimum absolute atomic E-state index is 0.0466. The Hall–Kier alpha value is -2.70. The zero-order valence-electron chi connectivity index (χ0n) is 10.9. The lowest BCUT2D eigenvalue weighted by Crippen LogP contribution is -1.98. The third kappa shape index (κ3) is 2.25. The van der Waals surface area contributed by atoms with Crippen molar-refractivity contribution in [2.45, 2.75) is 20.3 Å². The van der Waals surface area contributed by atoms with Crippen LogP contribution in [0.1, 0.15) is 28.7 Å². The van der Waals surface area contributed by atoms with Gasteiger partial charge >= 0.3 is 5.97 Å². The number of oxazole rings is 1. The van der Waals surface area contributed by atoms with Crippen molar-refractivity contribution in [2.24, 2.45) is 0 Å². The average molecular weight is 276 g/mol. The molecule has 7 heteroatoms. The van der Waals surface area contributed by atoms with Gasteiger partial charge in [-0.05, 0) is 19.4 Å². The average Bonchev–Trinajstić information content (AvgIpc) is 2.82. The molecule has 1 aromatic heterocycles. The molecule has 0 radical (unpaired) electrons. The van der Waals surface area contributed by atoms with Crippen molar-refractivity contribution in [2.75, 3.05) is 0 Å². The third-order valence-corrected chi connectivity index (χ3v) is 2.88. The second-order valence-corrected chi connectivity index (χ2v) is 4.18. The van der Waals surface area contributed by atoms with Crippen LogP contribution in [0, 0.1) is 17.0 Å². The Bertz CT molecular complexity index is 690. The molecule has 0 spiro atoms. The highest BCUT2D eigenvalue weighted by molar-refractivity contribution is 5.86. The zero-order chi connectivity index (χ0) is 14.9. The molecule has 7 nitrogen and oxygen atoms in total. The second kappa shape index (κ2) is 5.12. The van der Waals surface area contributed by atoms with E-state index in [0.717, 1.165) is 0 Å².